The van der Waals surface area contributed by atoms with Crippen molar-refractivity contribution in [3.8, 4) is 11.5 Å². The third kappa shape index (κ3) is 3.70. The third-order valence-corrected chi connectivity index (χ3v) is 6.67. The number of fused-ring (bicyclic) bond motifs is 3. The van der Waals surface area contributed by atoms with Crippen LogP contribution in [0, 0.1) is 0 Å². The van der Waals surface area contributed by atoms with Crippen molar-refractivity contribution in [2.24, 2.45) is 4.40 Å². The number of amides is 1. The lowest BCUT2D eigenvalue weighted by Crippen LogP contribution is -2.35. The molecule has 1 saturated heterocycles. The number of carbonyl (C=O) groups excluding carboxylic acids is 1. The van der Waals surface area contributed by atoms with Crippen LogP contribution in [0.4, 0.5) is 11.4 Å². The third-order valence-electron chi connectivity index (χ3n) is 5.34. The fourth-order valence-corrected chi connectivity index (χ4v) is 5.14. The van der Waals surface area contributed by atoms with Crippen LogP contribution >= 0.6 is 0 Å². The van der Waals surface area contributed by atoms with Crippen molar-refractivity contribution < 1.29 is 17.6 Å². The number of sulfonamides is 1. The van der Waals surface area contributed by atoms with E-state index >= 15 is 0 Å². The van der Waals surface area contributed by atoms with E-state index in [4.69, 9.17) is 4.42 Å². The second kappa shape index (κ2) is 7.62. The summed E-state index contributed by atoms with van der Waals surface area (Å²) < 4.78 is 34.8. The van der Waals surface area contributed by atoms with Crippen LogP contribution in [0.2, 0.25) is 0 Å². The topological polar surface area (TPSA) is 118 Å². The molecule has 31 heavy (non-hydrogen) atoms. The summed E-state index contributed by atoms with van der Waals surface area (Å²) in [6, 6.07) is 11.7. The van der Waals surface area contributed by atoms with Gasteiger partial charge in [-0.3, -0.25) is 4.79 Å². The van der Waals surface area contributed by atoms with Crippen molar-refractivity contribution >= 4 is 33.1 Å². The molecule has 2 aromatic carbocycles. The minimum absolute atomic E-state index is 0.0606. The Bertz CT molecular complexity index is 1280. The van der Waals surface area contributed by atoms with Crippen molar-refractivity contribution in [1.82, 2.24) is 10.2 Å². The summed E-state index contributed by atoms with van der Waals surface area (Å²) in [6.45, 7) is 0.718. The van der Waals surface area contributed by atoms with E-state index in [0.717, 1.165) is 25.8 Å². The van der Waals surface area contributed by atoms with Crippen LogP contribution in [0.3, 0.4) is 0 Å². The molecular weight excluding hydrogens is 418 g/mol. The molecule has 5 rings (SSSR count). The fourth-order valence-electron chi connectivity index (χ4n) is 3.85. The van der Waals surface area contributed by atoms with Crippen molar-refractivity contribution in [1.29, 1.82) is 0 Å². The number of hydrogen-bond donors (Lipinski definition) is 1. The highest BCUT2D eigenvalue weighted by Gasteiger charge is 2.32. The smallest absolute Gasteiger partial charge is 0.286 e. The van der Waals surface area contributed by atoms with Gasteiger partial charge in [-0.1, -0.05) is 12.5 Å². The molecule has 10 heteroatoms. The molecule has 1 fully saturated rings. The Balaban J connectivity index is 1.44. The van der Waals surface area contributed by atoms with Gasteiger partial charge in [0.2, 0.25) is 12.3 Å². The Morgan fingerprint density at radius 1 is 1.10 bits per heavy atom. The molecule has 0 radical (unpaired) electrons. The van der Waals surface area contributed by atoms with Gasteiger partial charge in [-0.15, -0.1) is 14.6 Å². The molecule has 0 unspecified atom stereocenters. The van der Waals surface area contributed by atoms with E-state index in [1.54, 1.807) is 36.4 Å². The zero-order chi connectivity index (χ0) is 21.4. The second-order valence-electron chi connectivity index (χ2n) is 7.41. The molecule has 0 saturated carbocycles. The quantitative estimate of drug-likeness (QED) is 0.666. The zero-order valence-electron chi connectivity index (χ0n) is 16.5. The second-order valence-corrected chi connectivity index (χ2v) is 8.98. The number of benzene rings is 2. The van der Waals surface area contributed by atoms with Crippen molar-refractivity contribution in [3.63, 3.8) is 0 Å². The van der Waals surface area contributed by atoms with E-state index in [1.807, 2.05) is 4.90 Å². The average molecular weight is 437 g/mol. The molecule has 9 nitrogen and oxygen atoms in total. The number of hydrogen-bond acceptors (Lipinski definition) is 7. The van der Waals surface area contributed by atoms with E-state index in [2.05, 4.69) is 19.9 Å². The monoisotopic (exact) mass is 437 g/mol. The van der Waals surface area contributed by atoms with Crippen LogP contribution in [0.25, 0.3) is 11.5 Å². The number of aromatic nitrogens is 2. The first-order valence-electron chi connectivity index (χ1n) is 9.95. The molecule has 0 aliphatic carbocycles. The predicted molar refractivity (Wildman–Crippen MR) is 115 cm³/mol. The van der Waals surface area contributed by atoms with Gasteiger partial charge in [-0.25, -0.2) is 0 Å². The first kappa shape index (κ1) is 19.4. The number of amidine groups is 1. The molecule has 2 aliphatic heterocycles. The molecule has 0 spiro atoms. The lowest BCUT2D eigenvalue weighted by molar-refractivity contribution is 0.102. The van der Waals surface area contributed by atoms with Gasteiger partial charge < -0.3 is 14.6 Å². The number of nitrogens with one attached hydrogen (secondary N) is 1. The molecule has 1 amide bonds. The van der Waals surface area contributed by atoms with E-state index in [1.165, 1.54) is 12.5 Å². The average Bonchev–Trinajstić information content (AvgIpc) is 3.20. The minimum atomic E-state index is -3.86. The van der Waals surface area contributed by atoms with E-state index < -0.39 is 15.9 Å². The van der Waals surface area contributed by atoms with Gasteiger partial charge in [0, 0.05) is 29.8 Å². The highest BCUT2D eigenvalue weighted by atomic mass is 32.2. The number of carbonyl (C=O) groups is 1. The maximum absolute atomic E-state index is 12.8. The Morgan fingerprint density at radius 2 is 2.00 bits per heavy atom. The normalized spacial score (nSPS) is 17.2. The lowest BCUT2D eigenvalue weighted by atomic mass is 10.1. The highest BCUT2D eigenvalue weighted by molar-refractivity contribution is 7.90. The van der Waals surface area contributed by atoms with Gasteiger partial charge in [0.15, 0.2) is 0 Å². The van der Waals surface area contributed by atoms with Gasteiger partial charge in [0.05, 0.1) is 5.69 Å². The van der Waals surface area contributed by atoms with Crippen molar-refractivity contribution in [2.45, 2.75) is 30.6 Å². The molecule has 0 bridgehead atoms. The zero-order valence-corrected chi connectivity index (χ0v) is 17.3. The SMILES string of the molecule is O=C(Nc1cccc(-c2nnco2)c1)c1ccc2c(c1)S(=O)(=O)N=C1CCCCCN12. The van der Waals surface area contributed by atoms with Crippen LogP contribution in [0.5, 0.6) is 0 Å². The first-order valence-corrected chi connectivity index (χ1v) is 11.4. The van der Waals surface area contributed by atoms with Crippen molar-refractivity contribution in [3.05, 3.63) is 54.4 Å². The van der Waals surface area contributed by atoms with Crippen LogP contribution in [0.15, 0.2) is 62.6 Å². The molecule has 1 aromatic heterocycles. The van der Waals surface area contributed by atoms with Gasteiger partial charge >= 0.3 is 0 Å². The van der Waals surface area contributed by atoms with Gasteiger partial charge in [0.25, 0.3) is 15.9 Å². The highest BCUT2D eigenvalue weighted by Crippen LogP contribution is 2.35. The van der Waals surface area contributed by atoms with E-state index in [9.17, 15) is 13.2 Å². The summed E-state index contributed by atoms with van der Waals surface area (Å²) in [5.74, 6) is 0.494. The number of anilines is 2. The summed E-state index contributed by atoms with van der Waals surface area (Å²) in [6.07, 6.45) is 4.79. The van der Waals surface area contributed by atoms with E-state index in [0.29, 0.717) is 35.1 Å². The van der Waals surface area contributed by atoms with Crippen LogP contribution < -0.4 is 10.2 Å². The van der Waals surface area contributed by atoms with Gasteiger partial charge in [0.1, 0.15) is 10.7 Å². The summed E-state index contributed by atoms with van der Waals surface area (Å²) in [7, 11) is -3.86. The Morgan fingerprint density at radius 3 is 2.84 bits per heavy atom. The first-order chi connectivity index (χ1) is 15.0. The van der Waals surface area contributed by atoms with Crippen LogP contribution in [-0.2, 0) is 10.0 Å². The molecule has 3 aromatic rings. The summed E-state index contributed by atoms with van der Waals surface area (Å²) in [5.41, 5.74) is 2.00. The van der Waals surface area contributed by atoms with Gasteiger partial charge in [-0.2, -0.15) is 8.42 Å². The number of nitrogens with zero attached hydrogens (tertiary/aromatic N) is 4. The molecule has 0 atom stereocenters. The Labute approximate surface area is 178 Å². The van der Waals surface area contributed by atoms with Gasteiger partial charge in [-0.05, 0) is 49.2 Å². The summed E-state index contributed by atoms with van der Waals surface area (Å²) in [5, 5.41) is 10.3. The lowest BCUT2D eigenvalue weighted by Gasteiger charge is -2.29. The Hall–Kier alpha value is -3.53. The van der Waals surface area contributed by atoms with Crippen molar-refractivity contribution in [2.75, 3.05) is 16.8 Å². The number of rotatable bonds is 3. The molecule has 158 valence electrons. The predicted octanol–water partition coefficient (Wildman–Crippen LogP) is 3.47. The van der Waals surface area contributed by atoms with E-state index in [-0.39, 0.29) is 10.5 Å². The largest absolute Gasteiger partial charge is 0.423 e. The molecule has 2 aliphatic rings. The minimum Gasteiger partial charge on any atom is -0.423 e. The van der Waals surface area contributed by atoms with Crippen LogP contribution in [-0.4, -0.2) is 36.9 Å². The molecule has 3 heterocycles. The standard InChI is InChI=1S/C21H19N5O4S/c27-20(23-16-6-4-5-15(11-16)21-24-22-13-30-21)14-8-9-17-18(12-14)31(28,29)25-19-7-2-1-3-10-26(17)19/h4-6,8-9,11-13H,1-3,7,10H2,(H,23,27). The Kier molecular flexibility index (Phi) is 4.78. The fraction of sp³-hybridized carbons (Fsp3) is 0.238. The maximum Gasteiger partial charge on any atom is 0.286 e. The molecular formula is C21H19N5O4S. The maximum atomic E-state index is 12.8. The van der Waals surface area contributed by atoms with Crippen LogP contribution in [0.1, 0.15) is 36.0 Å². The summed E-state index contributed by atoms with van der Waals surface area (Å²) >= 11 is 0. The molecule has 1 N–H and O–H groups in total. The summed E-state index contributed by atoms with van der Waals surface area (Å²) in [4.78, 5) is 14.9.